The van der Waals surface area contributed by atoms with E-state index in [0.29, 0.717) is 30.5 Å². The molecule has 0 saturated heterocycles. The van der Waals surface area contributed by atoms with E-state index in [9.17, 15) is 0 Å². The first-order valence-electron chi connectivity index (χ1n) is 6.59. The number of hydrogen-bond donors (Lipinski definition) is 3. The summed E-state index contributed by atoms with van der Waals surface area (Å²) in [6.45, 7) is 3.81. The number of rotatable bonds is 7. The quantitative estimate of drug-likeness (QED) is 0.508. The molecule has 3 N–H and O–H groups in total. The van der Waals surface area contributed by atoms with Crippen molar-refractivity contribution in [2.24, 2.45) is 4.99 Å². The van der Waals surface area contributed by atoms with Gasteiger partial charge in [0, 0.05) is 13.1 Å². The first-order chi connectivity index (χ1) is 9.74. The zero-order chi connectivity index (χ0) is 14.8. The molecule has 0 fully saturated rings. The van der Waals surface area contributed by atoms with Crippen LogP contribution in [0, 0.1) is 0 Å². The van der Waals surface area contributed by atoms with Crippen LogP contribution in [0.1, 0.15) is 12.5 Å². The highest BCUT2D eigenvalue weighted by molar-refractivity contribution is 5.79. The van der Waals surface area contributed by atoms with E-state index in [1.165, 1.54) is 0 Å². The van der Waals surface area contributed by atoms with Crippen LogP contribution in [0.4, 0.5) is 0 Å². The van der Waals surface area contributed by atoms with Crippen molar-refractivity contribution in [3.05, 3.63) is 23.8 Å². The van der Waals surface area contributed by atoms with Gasteiger partial charge in [-0.1, -0.05) is 6.07 Å². The Balaban J connectivity index is 2.74. The Morgan fingerprint density at radius 1 is 1.20 bits per heavy atom. The van der Waals surface area contributed by atoms with Gasteiger partial charge in [0.25, 0.3) is 0 Å². The van der Waals surface area contributed by atoms with Gasteiger partial charge in [0.1, 0.15) is 0 Å². The lowest BCUT2D eigenvalue weighted by atomic mass is 10.2. The van der Waals surface area contributed by atoms with Crippen LogP contribution in [0.15, 0.2) is 23.2 Å². The van der Waals surface area contributed by atoms with Crippen molar-refractivity contribution in [1.82, 2.24) is 10.6 Å². The lowest BCUT2D eigenvalue weighted by Gasteiger charge is -2.11. The van der Waals surface area contributed by atoms with Gasteiger partial charge in [-0.2, -0.15) is 0 Å². The Bertz CT molecular complexity index is 436. The van der Waals surface area contributed by atoms with E-state index in [4.69, 9.17) is 14.6 Å². The number of aliphatic imine (C=N–C) groups is 1. The van der Waals surface area contributed by atoms with Crippen LogP contribution in [0.2, 0.25) is 0 Å². The maximum Gasteiger partial charge on any atom is 0.191 e. The third kappa shape index (κ3) is 4.97. The Hall–Kier alpha value is -1.95. The third-order valence-electron chi connectivity index (χ3n) is 2.62. The van der Waals surface area contributed by atoms with Gasteiger partial charge in [0.15, 0.2) is 17.5 Å². The molecule has 0 spiro atoms. The van der Waals surface area contributed by atoms with Crippen molar-refractivity contribution in [2.75, 3.05) is 33.9 Å². The monoisotopic (exact) mass is 281 g/mol. The molecule has 1 rings (SSSR count). The van der Waals surface area contributed by atoms with E-state index < -0.39 is 0 Å². The second-order valence-electron chi connectivity index (χ2n) is 4.03. The van der Waals surface area contributed by atoms with Crippen LogP contribution < -0.4 is 20.1 Å². The highest BCUT2D eigenvalue weighted by Gasteiger charge is 2.04. The molecular weight excluding hydrogens is 258 g/mol. The number of methoxy groups -OCH3 is 2. The SMILES string of the molecule is CCNC(=NCc1ccc(OC)c(OC)c1)NCCO. The first-order valence-corrected chi connectivity index (χ1v) is 6.59. The molecule has 6 nitrogen and oxygen atoms in total. The Morgan fingerprint density at radius 2 is 1.95 bits per heavy atom. The molecule has 112 valence electrons. The molecule has 20 heavy (non-hydrogen) atoms. The average Bonchev–Trinajstić information content (AvgIpc) is 2.49. The molecule has 0 aliphatic rings. The van der Waals surface area contributed by atoms with E-state index in [0.717, 1.165) is 12.1 Å². The van der Waals surface area contributed by atoms with Crippen molar-refractivity contribution >= 4 is 5.96 Å². The van der Waals surface area contributed by atoms with Gasteiger partial charge in [0.2, 0.25) is 0 Å². The van der Waals surface area contributed by atoms with Gasteiger partial charge < -0.3 is 25.2 Å². The summed E-state index contributed by atoms with van der Waals surface area (Å²) < 4.78 is 10.5. The lowest BCUT2D eigenvalue weighted by Crippen LogP contribution is -2.38. The Kier molecular flexibility index (Phi) is 7.27. The fraction of sp³-hybridized carbons (Fsp3) is 0.500. The fourth-order valence-corrected chi connectivity index (χ4v) is 1.67. The summed E-state index contributed by atoms with van der Waals surface area (Å²) in [4.78, 5) is 4.44. The maximum atomic E-state index is 8.82. The number of nitrogens with zero attached hydrogens (tertiary/aromatic N) is 1. The van der Waals surface area contributed by atoms with Gasteiger partial charge in [0.05, 0.1) is 27.4 Å². The van der Waals surface area contributed by atoms with Crippen LogP contribution in [-0.2, 0) is 6.54 Å². The maximum absolute atomic E-state index is 8.82. The summed E-state index contributed by atoms with van der Waals surface area (Å²) in [6, 6.07) is 5.70. The highest BCUT2D eigenvalue weighted by Crippen LogP contribution is 2.27. The fourth-order valence-electron chi connectivity index (χ4n) is 1.67. The number of guanidine groups is 1. The van der Waals surface area contributed by atoms with E-state index in [1.807, 2.05) is 25.1 Å². The smallest absolute Gasteiger partial charge is 0.191 e. The lowest BCUT2D eigenvalue weighted by molar-refractivity contribution is 0.300. The van der Waals surface area contributed by atoms with Gasteiger partial charge in [-0.25, -0.2) is 4.99 Å². The predicted octanol–water partition coefficient (Wildman–Crippen LogP) is 0.751. The number of benzene rings is 1. The second kappa shape index (κ2) is 9.03. The Morgan fingerprint density at radius 3 is 2.55 bits per heavy atom. The van der Waals surface area contributed by atoms with Gasteiger partial charge in [-0.05, 0) is 24.6 Å². The number of aliphatic hydroxyl groups excluding tert-OH is 1. The molecule has 0 amide bonds. The minimum absolute atomic E-state index is 0.0702. The molecule has 0 aliphatic carbocycles. The molecule has 0 aliphatic heterocycles. The molecule has 0 saturated carbocycles. The number of ether oxygens (including phenoxy) is 2. The highest BCUT2D eigenvalue weighted by atomic mass is 16.5. The summed E-state index contributed by atoms with van der Waals surface area (Å²) in [7, 11) is 3.22. The van der Waals surface area contributed by atoms with Crippen LogP contribution in [0.5, 0.6) is 11.5 Å². The summed E-state index contributed by atoms with van der Waals surface area (Å²) in [5.74, 6) is 2.07. The largest absolute Gasteiger partial charge is 0.493 e. The average molecular weight is 281 g/mol. The van der Waals surface area contributed by atoms with Crippen molar-refractivity contribution in [3.63, 3.8) is 0 Å². The van der Waals surface area contributed by atoms with Crippen LogP contribution in [0.3, 0.4) is 0 Å². The minimum Gasteiger partial charge on any atom is -0.493 e. The summed E-state index contributed by atoms with van der Waals surface area (Å²) >= 11 is 0. The van der Waals surface area contributed by atoms with E-state index >= 15 is 0 Å². The number of hydrogen-bond acceptors (Lipinski definition) is 4. The van der Waals surface area contributed by atoms with Crippen molar-refractivity contribution in [1.29, 1.82) is 0 Å². The molecule has 0 atom stereocenters. The molecule has 0 aromatic heterocycles. The van der Waals surface area contributed by atoms with Gasteiger partial charge in [-0.3, -0.25) is 0 Å². The zero-order valence-electron chi connectivity index (χ0n) is 12.3. The molecule has 0 unspecified atom stereocenters. The van der Waals surface area contributed by atoms with E-state index in [2.05, 4.69) is 15.6 Å². The van der Waals surface area contributed by atoms with Gasteiger partial charge >= 0.3 is 0 Å². The van der Waals surface area contributed by atoms with Gasteiger partial charge in [-0.15, -0.1) is 0 Å². The summed E-state index contributed by atoms with van der Waals surface area (Å²) in [5, 5.41) is 15.0. The molecule has 6 heteroatoms. The molecule has 0 heterocycles. The normalized spacial score (nSPS) is 11.1. The second-order valence-corrected chi connectivity index (χ2v) is 4.03. The molecule has 0 bridgehead atoms. The van der Waals surface area contributed by atoms with Crippen molar-refractivity contribution < 1.29 is 14.6 Å². The van der Waals surface area contributed by atoms with Crippen LogP contribution in [-0.4, -0.2) is 45.0 Å². The topological polar surface area (TPSA) is 75.1 Å². The van der Waals surface area contributed by atoms with Crippen molar-refractivity contribution in [2.45, 2.75) is 13.5 Å². The van der Waals surface area contributed by atoms with E-state index in [-0.39, 0.29) is 6.61 Å². The standard InChI is InChI=1S/C14H23N3O3/c1-4-15-14(16-7-8-18)17-10-11-5-6-12(19-2)13(9-11)20-3/h5-6,9,18H,4,7-8,10H2,1-3H3,(H2,15,16,17). The predicted molar refractivity (Wildman–Crippen MR) is 79.5 cm³/mol. The Labute approximate surface area is 119 Å². The van der Waals surface area contributed by atoms with Crippen molar-refractivity contribution in [3.8, 4) is 11.5 Å². The summed E-state index contributed by atoms with van der Waals surface area (Å²) in [5.41, 5.74) is 1.02. The van der Waals surface area contributed by atoms with E-state index in [1.54, 1.807) is 14.2 Å². The number of nitrogens with one attached hydrogen (secondary N) is 2. The molecule has 1 aromatic rings. The molecule has 1 aromatic carbocycles. The van der Waals surface area contributed by atoms with Crippen LogP contribution >= 0.6 is 0 Å². The minimum atomic E-state index is 0.0702. The summed E-state index contributed by atoms with van der Waals surface area (Å²) in [6.07, 6.45) is 0. The van der Waals surface area contributed by atoms with Crippen LogP contribution in [0.25, 0.3) is 0 Å². The third-order valence-corrected chi connectivity index (χ3v) is 2.62. The first kappa shape index (κ1) is 16.1. The zero-order valence-corrected chi connectivity index (χ0v) is 12.3. The molecular formula is C14H23N3O3. The molecule has 0 radical (unpaired) electrons. The number of aliphatic hydroxyl groups is 1.